The number of anilines is 1. The molecule has 7 nitrogen and oxygen atoms in total. The van der Waals surface area contributed by atoms with Gasteiger partial charge in [0.2, 0.25) is 5.91 Å². The summed E-state index contributed by atoms with van der Waals surface area (Å²) >= 11 is 3.11. The zero-order valence-corrected chi connectivity index (χ0v) is 14.2. The van der Waals surface area contributed by atoms with Crippen LogP contribution in [0.4, 0.5) is 15.8 Å². The van der Waals surface area contributed by atoms with Gasteiger partial charge < -0.3 is 10.4 Å². The highest BCUT2D eigenvalue weighted by atomic mass is 79.9. The van der Waals surface area contributed by atoms with E-state index in [0.717, 1.165) is 12.1 Å². The second-order valence-electron chi connectivity index (χ2n) is 5.12. The van der Waals surface area contributed by atoms with Crippen LogP contribution in [-0.4, -0.2) is 21.9 Å². The number of nitro benzene ring substituents is 1. The summed E-state index contributed by atoms with van der Waals surface area (Å²) in [6.07, 6.45) is -0.371. The molecule has 0 aromatic heterocycles. The van der Waals surface area contributed by atoms with Gasteiger partial charge >= 0.3 is 5.97 Å². The van der Waals surface area contributed by atoms with E-state index in [4.69, 9.17) is 0 Å². The molecule has 0 aliphatic carbocycles. The minimum atomic E-state index is -1.22. The molecule has 1 amide bonds. The number of amides is 1. The van der Waals surface area contributed by atoms with Gasteiger partial charge in [-0.05, 0) is 39.7 Å². The molecule has 0 spiro atoms. The molecule has 1 atom stereocenters. The van der Waals surface area contributed by atoms with E-state index >= 15 is 0 Å². The van der Waals surface area contributed by atoms with E-state index < -0.39 is 28.5 Å². The van der Waals surface area contributed by atoms with E-state index in [1.165, 1.54) is 30.3 Å². The summed E-state index contributed by atoms with van der Waals surface area (Å²) in [5.41, 5.74) is 0.422. The molecule has 2 aromatic carbocycles. The van der Waals surface area contributed by atoms with Crippen molar-refractivity contribution in [1.82, 2.24) is 0 Å². The molecule has 1 unspecified atom stereocenters. The third kappa shape index (κ3) is 4.83. The smallest absolute Gasteiger partial charge is 0.311 e. The summed E-state index contributed by atoms with van der Waals surface area (Å²) < 4.78 is 13.3. The first-order chi connectivity index (χ1) is 11.8. The number of hydrogen-bond donors (Lipinski definition) is 2. The molecule has 0 saturated heterocycles. The third-order valence-corrected chi connectivity index (χ3v) is 4.05. The van der Waals surface area contributed by atoms with Gasteiger partial charge in [0.1, 0.15) is 5.82 Å². The topological polar surface area (TPSA) is 110 Å². The number of carboxylic acid groups (broad SMARTS) is 1. The van der Waals surface area contributed by atoms with Crippen molar-refractivity contribution in [1.29, 1.82) is 0 Å². The summed E-state index contributed by atoms with van der Waals surface area (Å²) in [7, 11) is 0. The highest BCUT2D eigenvalue weighted by Crippen LogP contribution is 2.28. The number of aliphatic carboxylic acids is 1. The van der Waals surface area contributed by atoms with E-state index in [-0.39, 0.29) is 17.8 Å². The van der Waals surface area contributed by atoms with Gasteiger partial charge in [0.25, 0.3) is 5.69 Å². The number of nitrogens with zero attached hydrogens (tertiary/aromatic N) is 1. The molecule has 130 valence electrons. The molecular weight excluding hydrogens is 399 g/mol. The number of carboxylic acids is 1. The van der Waals surface area contributed by atoms with Crippen LogP contribution in [0.2, 0.25) is 0 Å². The number of non-ortho nitro benzene ring substituents is 1. The number of carbonyl (C=O) groups excluding carboxylic acids is 1. The fourth-order valence-electron chi connectivity index (χ4n) is 2.15. The molecule has 0 saturated carbocycles. The SMILES string of the molecule is O=C(CC(C(=O)O)c1ccc(F)cc1)Nc1ccc([N+](=O)[O-])cc1Br. The molecule has 0 aliphatic rings. The van der Waals surface area contributed by atoms with Crippen molar-refractivity contribution in [3.63, 3.8) is 0 Å². The number of hydrogen-bond acceptors (Lipinski definition) is 4. The van der Waals surface area contributed by atoms with Crippen LogP contribution in [0.1, 0.15) is 17.9 Å². The van der Waals surface area contributed by atoms with E-state index in [0.29, 0.717) is 10.0 Å². The average Bonchev–Trinajstić information content (AvgIpc) is 2.55. The molecule has 0 bridgehead atoms. The lowest BCUT2D eigenvalue weighted by Crippen LogP contribution is -2.21. The average molecular weight is 411 g/mol. The van der Waals surface area contributed by atoms with Crippen LogP contribution in [0.25, 0.3) is 0 Å². The predicted molar refractivity (Wildman–Crippen MR) is 90.8 cm³/mol. The standard InChI is InChI=1S/C16H12BrFN2O5/c17-13-7-11(20(24)25)5-6-14(13)19-15(21)8-12(16(22)23)9-1-3-10(18)4-2-9/h1-7,12H,8H2,(H,19,21)(H,22,23). The Morgan fingerprint density at radius 2 is 1.88 bits per heavy atom. The number of benzene rings is 2. The summed E-state index contributed by atoms with van der Waals surface area (Å²) in [6, 6.07) is 8.64. The van der Waals surface area contributed by atoms with Crippen LogP contribution in [0.3, 0.4) is 0 Å². The molecule has 2 N–H and O–H groups in total. The first-order valence-electron chi connectivity index (χ1n) is 7.00. The van der Waals surface area contributed by atoms with Gasteiger partial charge in [-0.2, -0.15) is 0 Å². The zero-order chi connectivity index (χ0) is 18.6. The first kappa shape index (κ1) is 18.5. The van der Waals surface area contributed by atoms with Crippen LogP contribution < -0.4 is 5.32 Å². The lowest BCUT2D eigenvalue weighted by molar-refractivity contribution is -0.384. The van der Waals surface area contributed by atoms with Crippen LogP contribution in [0.5, 0.6) is 0 Å². The molecular formula is C16H12BrFN2O5. The Labute approximate surface area is 149 Å². The molecule has 2 aromatic rings. The quantitative estimate of drug-likeness (QED) is 0.557. The Balaban J connectivity index is 2.13. The van der Waals surface area contributed by atoms with Crippen LogP contribution in [-0.2, 0) is 9.59 Å². The maximum atomic E-state index is 13.0. The molecule has 0 heterocycles. The zero-order valence-electron chi connectivity index (χ0n) is 12.6. The minimum absolute atomic E-state index is 0.153. The Hall–Kier alpha value is -2.81. The fraction of sp³-hybridized carbons (Fsp3) is 0.125. The maximum Gasteiger partial charge on any atom is 0.311 e. The van der Waals surface area contributed by atoms with Crippen LogP contribution in [0.15, 0.2) is 46.9 Å². The highest BCUT2D eigenvalue weighted by molar-refractivity contribution is 9.10. The Bertz CT molecular complexity index is 826. The van der Waals surface area contributed by atoms with Crippen molar-refractivity contribution in [3.05, 3.63) is 68.4 Å². The van der Waals surface area contributed by atoms with Gasteiger partial charge in [0.05, 0.1) is 16.5 Å². The number of rotatable bonds is 6. The monoisotopic (exact) mass is 410 g/mol. The Morgan fingerprint density at radius 3 is 2.40 bits per heavy atom. The predicted octanol–water partition coefficient (Wildman–Crippen LogP) is 3.69. The number of halogens is 2. The lowest BCUT2D eigenvalue weighted by atomic mass is 9.95. The lowest BCUT2D eigenvalue weighted by Gasteiger charge is -2.13. The van der Waals surface area contributed by atoms with Crippen molar-refractivity contribution >= 4 is 39.2 Å². The fourth-order valence-corrected chi connectivity index (χ4v) is 2.61. The molecule has 0 aliphatic heterocycles. The van der Waals surface area contributed by atoms with Gasteiger partial charge in [-0.15, -0.1) is 0 Å². The van der Waals surface area contributed by atoms with Crippen molar-refractivity contribution in [2.75, 3.05) is 5.32 Å². The summed E-state index contributed by atoms with van der Waals surface area (Å²) in [5, 5.41) is 22.5. The van der Waals surface area contributed by atoms with Crippen molar-refractivity contribution in [2.45, 2.75) is 12.3 Å². The van der Waals surface area contributed by atoms with Crippen LogP contribution in [0, 0.1) is 15.9 Å². The summed E-state index contributed by atoms with van der Waals surface area (Å²) in [4.78, 5) is 33.7. The summed E-state index contributed by atoms with van der Waals surface area (Å²) in [5.74, 6) is -3.46. The molecule has 2 rings (SSSR count). The van der Waals surface area contributed by atoms with Crippen molar-refractivity contribution in [3.8, 4) is 0 Å². The van der Waals surface area contributed by atoms with Gasteiger partial charge in [-0.3, -0.25) is 19.7 Å². The molecule has 9 heteroatoms. The van der Waals surface area contributed by atoms with E-state index in [2.05, 4.69) is 21.2 Å². The number of nitro groups is 1. The summed E-state index contributed by atoms with van der Waals surface area (Å²) in [6.45, 7) is 0. The Morgan fingerprint density at radius 1 is 1.24 bits per heavy atom. The largest absolute Gasteiger partial charge is 0.481 e. The number of nitrogens with one attached hydrogen (secondary N) is 1. The van der Waals surface area contributed by atoms with Gasteiger partial charge in [-0.25, -0.2) is 4.39 Å². The second kappa shape index (κ2) is 7.84. The molecule has 25 heavy (non-hydrogen) atoms. The maximum absolute atomic E-state index is 13.0. The van der Waals surface area contributed by atoms with Crippen molar-refractivity contribution in [2.24, 2.45) is 0 Å². The molecule has 0 radical (unpaired) electrons. The first-order valence-corrected chi connectivity index (χ1v) is 7.79. The minimum Gasteiger partial charge on any atom is -0.481 e. The third-order valence-electron chi connectivity index (χ3n) is 3.40. The van der Waals surface area contributed by atoms with Gasteiger partial charge in [0, 0.05) is 23.0 Å². The second-order valence-corrected chi connectivity index (χ2v) is 5.97. The normalized spacial score (nSPS) is 11.6. The highest BCUT2D eigenvalue weighted by Gasteiger charge is 2.24. The van der Waals surface area contributed by atoms with Crippen molar-refractivity contribution < 1.29 is 24.0 Å². The van der Waals surface area contributed by atoms with Crippen LogP contribution >= 0.6 is 15.9 Å². The molecule has 0 fully saturated rings. The van der Waals surface area contributed by atoms with Gasteiger partial charge in [-0.1, -0.05) is 12.1 Å². The van der Waals surface area contributed by atoms with Gasteiger partial charge in [0.15, 0.2) is 0 Å². The number of carbonyl (C=O) groups is 2. The van der Waals surface area contributed by atoms with E-state index in [9.17, 15) is 29.2 Å². The van der Waals surface area contributed by atoms with E-state index in [1.54, 1.807) is 0 Å². The Kier molecular flexibility index (Phi) is 5.81. The van der Waals surface area contributed by atoms with E-state index in [1.807, 2.05) is 0 Å².